The van der Waals surface area contributed by atoms with Crippen LogP contribution in [0, 0.1) is 0 Å². The molecule has 2 atom stereocenters. The summed E-state index contributed by atoms with van der Waals surface area (Å²) >= 11 is 0. The standard InChI is InChI=1S/C12H21N3O2/c1-3-6-10(16-4-2)11-14-12(17-15-11)9-7-5-8-13-9/h9-10,13H,3-8H2,1-2H3/t9-,10?/m1/s1. The molecule has 0 amide bonds. The average Bonchev–Trinajstić information content (AvgIpc) is 2.99. The number of hydrogen-bond acceptors (Lipinski definition) is 5. The fourth-order valence-corrected chi connectivity index (χ4v) is 2.17. The molecule has 0 bridgehead atoms. The maximum atomic E-state index is 5.64. The summed E-state index contributed by atoms with van der Waals surface area (Å²) in [6, 6.07) is 0.236. The summed E-state index contributed by atoms with van der Waals surface area (Å²) in [6.45, 7) is 5.83. The molecule has 1 aliphatic rings. The van der Waals surface area contributed by atoms with Crippen LogP contribution in [-0.2, 0) is 4.74 Å². The third-order valence-corrected chi connectivity index (χ3v) is 3.02. The summed E-state index contributed by atoms with van der Waals surface area (Å²) in [6.07, 6.45) is 4.21. The second kappa shape index (κ2) is 6.12. The molecule has 0 radical (unpaired) electrons. The molecule has 1 aromatic rings. The molecule has 1 N–H and O–H groups in total. The largest absolute Gasteiger partial charge is 0.370 e. The van der Waals surface area contributed by atoms with E-state index in [-0.39, 0.29) is 12.1 Å². The van der Waals surface area contributed by atoms with Gasteiger partial charge in [0, 0.05) is 6.61 Å². The van der Waals surface area contributed by atoms with E-state index in [9.17, 15) is 0 Å². The Hall–Kier alpha value is -0.940. The van der Waals surface area contributed by atoms with E-state index in [1.54, 1.807) is 0 Å². The summed E-state index contributed by atoms with van der Waals surface area (Å²) in [4.78, 5) is 4.46. The van der Waals surface area contributed by atoms with E-state index in [1.165, 1.54) is 6.42 Å². The van der Waals surface area contributed by atoms with Gasteiger partial charge in [-0.2, -0.15) is 4.98 Å². The zero-order valence-corrected chi connectivity index (χ0v) is 10.6. The molecule has 17 heavy (non-hydrogen) atoms. The van der Waals surface area contributed by atoms with Gasteiger partial charge in [0.1, 0.15) is 6.10 Å². The molecule has 0 saturated carbocycles. The highest BCUT2D eigenvalue weighted by atomic mass is 16.5. The number of hydrogen-bond donors (Lipinski definition) is 1. The van der Waals surface area contributed by atoms with E-state index in [2.05, 4.69) is 22.4 Å². The van der Waals surface area contributed by atoms with Crippen molar-refractivity contribution in [2.45, 2.75) is 51.7 Å². The van der Waals surface area contributed by atoms with Crippen molar-refractivity contribution in [1.29, 1.82) is 0 Å². The van der Waals surface area contributed by atoms with Crippen LogP contribution < -0.4 is 5.32 Å². The highest BCUT2D eigenvalue weighted by Gasteiger charge is 2.24. The summed E-state index contributed by atoms with van der Waals surface area (Å²) in [5, 5.41) is 7.40. The molecular formula is C12H21N3O2. The molecule has 2 rings (SSSR count). The number of nitrogens with zero attached hydrogens (tertiary/aromatic N) is 2. The van der Waals surface area contributed by atoms with Crippen LogP contribution in [0.4, 0.5) is 0 Å². The third kappa shape index (κ3) is 3.04. The SMILES string of the molecule is CCCC(OCC)c1noc([C@H]2CCCN2)n1. The molecular weight excluding hydrogens is 218 g/mol. The van der Waals surface area contributed by atoms with Gasteiger partial charge in [-0.15, -0.1) is 0 Å². The second-order valence-electron chi connectivity index (χ2n) is 4.37. The van der Waals surface area contributed by atoms with Crippen LogP contribution >= 0.6 is 0 Å². The Kier molecular flexibility index (Phi) is 4.50. The van der Waals surface area contributed by atoms with E-state index < -0.39 is 0 Å². The third-order valence-electron chi connectivity index (χ3n) is 3.02. The summed E-state index contributed by atoms with van der Waals surface area (Å²) in [5.41, 5.74) is 0. The molecule has 5 nitrogen and oxygen atoms in total. The van der Waals surface area contributed by atoms with E-state index in [0.29, 0.717) is 18.3 Å². The fraction of sp³-hybridized carbons (Fsp3) is 0.833. The lowest BCUT2D eigenvalue weighted by molar-refractivity contribution is 0.0477. The van der Waals surface area contributed by atoms with Crippen molar-refractivity contribution in [3.8, 4) is 0 Å². The van der Waals surface area contributed by atoms with Gasteiger partial charge in [-0.3, -0.25) is 0 Å². The van der Waals surface area contributed by atoms with Crippen LogP contribution in [0.2, 0.25) is 0 Å². The Morgan fingerprint density at radius 3 is 3.06 bits per heavy atom. The van der Waals surface area contributed by atoms with Crippen LogP contribution in [0.25, 0.3) is 0 Å². The molecule has 1 saturated heterocycles. The molecule has 0 aromatic carbocycles. The Balaban J connectivity index is 2.03. The first-order chi connectivity index (χ1) is 8.35. The van der Waals surface area contributed by atoms with Crippen LogP contribution in [0.15, 0.2) is 4.52 Å². The zero-order chi connectivity index (χ0) is 12.1. The fourth-order valence-electron chi connectivity index (χ4n) is 2.17. The van der Waals surface area contributed by atoms with Gasteiger partial charge in [0.05, 0.1) is 6.04 Å². The van der Waals surface area contributed by atoms with E-state index >= 15 is 0 Å². The van der Waals surface area contributed by atoms with Crippen molar-refractivity contribution in [2.75, 3.05) is 13.2 Å². The Labute approximate surface area is 102 Å². The van der Waals surface area contributed by atoms with Gasteiger partial charge in [-0.25, -0.2) is 0 Å². The smallest absolute Gasteiger partial charge is 0.243 e. The summed E-state index contributed by atoms with van der Waals surface area (Å²) < 4.78 is 11.0. The lowest BCUT2D eigenvalue weighted by atomic mass is 10.2. The normalized spacial score (nSPS) is 21.9. The predicted octanol–water partition coefficient (Wildman–Crippen LogP) is 2.37. The zero-order valence-electron chi connectivity index (χ0n) is 10.6. The molecule has 0 aliphatic carbocycles. The second-order valence-corrected chi connectivity index (χ2v) is 4.37. The van der Waals surface area contributed by atoms with Crippen molar-refractivity contribution in [3.63, 3.8) is 0 Å². The van der Waals surface area contributed by atoms with Gasteiger partial charge in [-0.1, -0.05) is 18.5 Å². The minimum Gasteiger partial charge on any atom is -0.370 e. The van der Waals surface area contributed by atoms with Crippen molar-refractivity contribution >= 4 is 0 Å². The monoisotopic (exact) mass is 239 g/mol. The Morgan fingerprint density at radius 2 is 2.41 bits per heavy atom. The average molecular weight is 239 g/mol. The van der Waals surface area contributed by atoms with Crippen molar-refractivity contribution in [3.05, 3.63) is 11.7 Å². The van der Waals surface area contributed by atoms with E-state index in [1.807, 2.05) is 6.92 Å². The lowest BCUT2D eigenvalue weighted by Crippen LogP contribution is -2.13. The first-order valence-electron chi connectivity index (χ1n) is 6.53. The molecule has 0 spiro atoms. The van der Waals surface area contributed by atoms with E-state index in [4.69, 9.17) is 9.26 Å². The maximum Gasteiger partial charge on any atom is 0.243 e. The molecule has 2 heterocycles. The van der Waals surface area contributed by atoms with Gasteiger partial charge in [0.2, 0.25) is 11.7 Å². The highest BCUT2D eigenvalue weighted by molar-refractivity contribution is 4.97. The first-order valence-corrected chi connectivity index (χ1v) is 6.53. The first kappa shape index (κ1) is 12.5. The Bertz CT molecular complexity index is 328. The van der Waals surface area contributed by atoms with E-state index in [0.717, 1.165) is 25.8 Å². The summed E-state index contributed by atoms with van der Waals surface area (Å²) in [7, 11) is 0. The molecule has 96 valence electrons. The predicted molar refractivity (Wildman–Crippen MR) is 63.6 cm³/mol. The number of ether oxygens (including phenoxy) is 1. The van der Waals surface area contributed by atoms with Gasteiger partial charge < -0.3 is 14.6 Å². The van der Waals surface area contributed by atoms with Crippen LogP contribution in [0.5, 0.6) is 0 Å². The minimum atomic E-state index is -0.0242. The molecule has 1 aliphatic heterocycles. The molecule has 5 heteroatoms. The summed E-state index contributed by atoms with van der Waals surface area (Å²) in [5.74, 6) is 1.40. The van der Waals surface area contributed by atoms with Crippen molar-refractivity contribution in [1.82, 2.24) is 15.5 Å². The maximum absolute atomic E-state index is 5.64. The van der Waals surface area contributed by atoms with Crippen LogP contribution in [0.3, 0.4) is 0 Å². The van der Waals surface area contributed by atoms with Crippen molar-refractivity contribution < 1.29 is 9.26 Å². The van der Waals surface area contributed by atoms with Crippen LogP contribution in [-0.4, -0.2) is 23.3 Å². The van der Waals surface area contributed by atoms with Gasteiger partial charge in [0.25, 0.3) is 0 Å². The molecule has 1 unspecified atom stereocenters. The number of aromatic nitrogens is 2. The van der Waals surface area contributed by atoms with Gasteiger partial charge in [0.15, 0.2) is 0 Å². The Morgan fingerprint density at radius 1 is 1.53 bits per heavy atom. The van der Waals surface area contributed by atoms with Crippen LogP contribution in [0.1, 0.15) is 63.4 Å². The quantitative estimate of drug-likeness (QED) is 0.825. The minimum absolute atomic E-state index is 0.0242. The molecule has 1 aromatic heterocycles. The highest BCUT2D eigenvalue weighted by Crippen LogP contribution is 2.25. The lowest BCUT2D eigenvalue weighted by Gasteiger charge is -2.11. The number of rotatable bonds is 6. The van der Waals surface area contributed by atoms with Gasteiger partial charge in [-0.05, 0) is 32.7 Å². The topological polar surface area (TPSA) is 60.2 Å². The van der Waals surface area contributed by atoms with Crippen molar-refractivity contribution in [2.24, 2.45) is 0 Å². The number of nitrogens with one attached hydrogen (secondary N) is 1. The van der Waals surface area contributed by atoms with Gasteiger partial charge >= 0.3 is 0 Å². The molecule has 1 fully saturated rings.